The molecule has 0 saturated carbocycles. The van der Waals surface area contributed by atoms with Gasteiger partial charge in [-0.3, -0.25) is 0 Å². The summed E-state index contributed by atoms with van der Waals surface area (Å²) >= 11 is 0. The summed E-state index contributed by atoms with van der Waals surface area (Å²) in [6.45, 7) is 16.4. The van der Waals surface area contributed by atoms with Crippen molar-refractivity contribution in [1.29, 1.82) is 0 Å². The van der Waals surface area contributed by atoms with E-state index in [0.717, 1.165) is 22.4 Å². The third-order valence-electron chi connectivity index (χ3n) is 12.5. The van der Waals surface area contributed by atoms with Crippen LogP contribution in [0.3, 0.4) is 0 Å². The van der Waals surface area contributed by atoms with Crippen molar-refractivity contribution in [2.75, 3.05) is 0 Å². The molecule has 0 heterocycles. The number of benzene rings is 8. The summed E-state index contributed by atoms with van der Waals surface area (Å²) in [6.07, 6.45) is 4.78. The van der Waals surface area contributed by atoms with E-state index in [0.29, 0.717) is 0 Å². The SMILES string of the molecule is CCCC1=Cc2c(-c3c4ccccc4cc4ccccc34)cccc2C1c1cc(C(C)(C)C)cc2c1[cH-]c1ccc(C(C)(C)C)cc12.[Zr].c1ccc([Si]c2ccccc2)cc1. The Balaban J connectivity index is 0.000000313. The standard InChI is InChI=1S/C47H45.C12H10Si.Zr/c1-8-14-32-25-40-37(19-13-20-38(40)45-35-17-11-9-15-29(35)23-30-16-10-12-18-36(30)45)44(32)43-28-34(47(5,6)7)27-42-39-26-33(46(2,3)4)22-21-31(39)24-41(42)43;1-3-7-11(8-4-1)13-12-9-5-2-6-10-12;/h9-13,15-28,44H,8,14H2,1-7H3;1-10H;/q-1;;. The van der Waals surface area contributed by atoms with Gasteiger partial charge >= 0.3 is 0 Å². The first kappa shape index (κ1) is 42.7. The molecule has 0 saturated heterocycles. The van der Waals surface area contributed by atoms with E-state index in [9.17, 15) is 0 Å². The zero-order valence-electron chi connectivity index (χ0n) is 36.7. The van der Waals surface area contributed by atoms with Crippen molar-refractivity contribution in [3.63, 3.8) is 0 Å². The molecular formula is C59H55SiZr-. The van der Waals surface area contributed by atoms with Gasteiger partial charge in [-0.05, 0) is 67.1 Å². The Kier molecular flexibility index (Phi) is 12.2. The summed E-state index contributed by atoms with van der Waals surface area (Å²) in [5.74, 6) is 0.231. The second-order valence-corrected chi connectivity index (χ2v) is 20.1. The van der Waals surface area contributed by atoms with Gasteiger partial charge < -0.3 is 0 Å². The molecule has 0 nitrogen and oxygen atoms in total. The predicted molar refractivity (Wildman–Crippen MR) is 264 cm³/mol. The van der Waals surface area contributed by atoms with Crippen molar-refractivity contribution in [3.05, 3.63) is 203 Å². The molecule has 9 aromatic carbocycles. The van der Waals surface area contributed by atoms with Gasteiger partial charge in [0.2, 0.25) is 0 Å². The summed E-state index contributed by atoms with van der Waals surface area (Å²) < 4.78 is 0. The van der Waals surface area contributed by atoms with Gasteiger partial charge in [-0.15, -0.1) is 33.7 Å². The van der Waals surface area contributed by atoms with Crippen LogP contribution in [0, 0.1) is 0 Å². The van der Waals surface area contributed by atoms with E-state index < -0.39 is 0 Å². The summed E-state index contributed by atoms with van der Waals surface area (Å²) in [4.78, 5) is 0. The number of hydrogen-bond acceptors (Lipinski definition) is 0. The normalized spacial score (nSPS) is 13.8. The van der Waals surface area contributed by atoms with Crippen molar-refractivity contribution in [3.8, 4) is 11.1 Å². The molecule has 1 aliphatic rings. The smallest absolute Gasteiger partial charge is 0.121 e. The summed E-state index contributed by atoms with van der Waals surface area (Å²) in [5, 5.41) is 13.6. The minimum atomic E-state index is 0. The molecule has 61 heavy (non-hydrogen) atoms. The van der Waals surface area contributed by atoms with E-state index in [-0.39, 0.29) is 43.0 Å². The molecule has 2 heteroatoms. The predicted octanol–water partition coefficient (Wildman–Crippen LogP) is 14.9. The fraction of sp³-hybridized carbons (Fsp3) is 0.203. The Bertz CT molecular complexity index is 2930. The fourth-order valence-electron chi connectivity index (χ4n) is 9.34. The first-order valence-electron chi connectivity index (χ1n) is 21.8. The number of rotatable bonds is 6. The fourth-order valence-corrected chi connectivity index (χ4v) is 10.4. The van der Waals surface area contributed by atoms with E-state index in [1.165, 1.54) is 98.0 Å². The minimum absolute atomic E-state index is 0. The maximum Gasteiger partial charge on any atom is 0.121 e. The third kappa shape index (κ3) is 8.47. The second-order valence-electron chi connectivity index (χ2n) is 18.7. The van der Waals surface area contributed by atoms with Crippen LogP contribution in [-0.2, 0) is 37.0 Å². The monoisotopic (exact) mass is 881 g/mol. The summed E-state index contributed by atoms with van der Waals surface area (Å²) in [6, 6.07) is 63.1. The van der Waals surface area contributed by atoms with Crippen molar-refractivity contribution in [1.82, 2.24) is 0 Å². The van der Waals surface area contributed by atoms with E-state index in [1.54, 1.807) is 0 Å². The van der Waals surface area contributed by atoms with Crippen LogP contribution in [0.2, 0.25) is 0 Å². The molecule has 0 aromatic heterocycles. The molecule has 0 spiro atoms. The van der Waals surface area contributed by atoms with Gasteiger partial charge in [-0.1, -0.05) is 245 Å². The van der Waals surface area contributed by atoms with Crippen LogP contribution in [0.15, 0.2) is 175 Å². The molecule has 1 unspecified atom stereocenters. The maximum absolute atomic E-state index is 2.56. The second kappa shape index (κ2) is 17.4. The average Bonchev–Trinajstić information content (AvgIpc) is 3.81. The topological polar surface area (TPSA) is 0 Å². The molecule has 1 aliphatic carbocycles. The van der Waals surface area contributed by atoms with Gasteiger partial charge in [-0.2, -0.15) is 0 Å². The number of hydrogen-bond donors (Lipinski definition) is 0. The maximum atomic E-state index is 2.56. The molecule has 9 aromatic rings. The van der Waals surface area contributed by atoms with E-state index in [4.69, 9.17) is 0 Å². The van der Waals surface area contributed by atoms with E-state index >= 15 is 0 Å². The van der Waals surface area contributed by atoms with Crippen molar-refractivity contribution in [2.45, 2.75) is 78.1 Å². The Labute approximate surface area is 385 Å². The zero-order valence-corrected chi connectivity index (χ0v) is 40.2. The number of fused-ring (bicyclic) bond motifs is 6. The van der Waals surface area contributed by atoms with Gasteiger partial charge in [0.1, 0.15) is 9.52 Å². The molecule has 0 amide bonds. The van der Waals surface area contributed by atoms with Crippen LogP contribution in [0.5, 0.6) is 0 Å². The largest absolute Gasteiger partial charge is 0.126 e. The first-order valence-corrected chi connectivity index (χ1v) is 22.8. The van der Waals surface area contributed by atoms with Crippen molar-refractivity contribution in [2.24, 2.45) is 0 Å². The van der Waals surface area contributed by atoms with Crippen LogP contribution in [0.25, 0.3) is 60.3 Å². The van der Waals surface area contributed by atoms with Crippen LogP contribution in [0.1, 0.15) is 95.0 Å². The zero-order chi connectivity index (χ0) is 41.6. The molecule has 2 radical (unpaired) electrons. The molecule has 300 valence electrons. The molecule has 1 atom stereocenters. The van der Waals surface area contributed by atoms with Crippen molar-refractivity contribution < 1.29 is 26.2 Å². The van der Waals surface area contributed by atoms with Gasteiger partial charge in [0.05, 0.1) is 0 Å². The molecule has 0 aliphatic heterocycles. The van der Waals surface area contributed by atoms with Gasteiger partial charge in [-0.25, -0.2) is 0 Å². The first-order chi connectivity index (χ1) is 29.0. The van der Waals surface area contributed by atoms with Crippen LogP contribution >= 0.6 is 0 Å². The van der Waals surface area contributed by atoms with Gasteiger partial charge in [0.25, 0.3) is 0 Å². The van der Waals surface area contributed by atoms with Gasteiger partial charge in [0, 0.05) is 32.1 Å². The molecule has 0 bridgehead atoms. The minimum Gasteiger partial charge on any atom is -0.126 e. The van der Waals surface area contributed by atoms with Gasteiger partial charge in [0.15, 0.2) is 0 Å². The Morgan fingerprint density at radius 1 is 0.525 bits per heavy atom. The van der Waals surface area contributed by atoms with Crippen LogP contribution in [0.4, 0.5) is 0 Å². The quantitative estimate of drug-likeness (QED) is 0.0887. The Morgan fingerprint density at radius 2 is 1.10 bits per heavy atom. The molecular weight excluding hydrogens is 828 g/mol. The van der Waals surface area contributed by atoms with Crippen LogP contribution < -0.4 is 10.4 Å². The van der Waals surface area contributed by atoms with Crippen LogP contribution in [-0.4, -0.2) is 9.52 Å². The van der Waals surface area contributed by atoms with E-state index in [2.05, 4.69) is 224 Å². The summed E-state index contributed by atoms with van der Waals surface area (Å²) in [5.41, 5.74) is 11.5. The van der Waals surface area contributed by atoms with Crippen molar-refractivity contribution >= 4 is 69.1 Å². The van der Waals surface area contributed by atoms with E-state index in [1.807, 2.05) is 0 Å². The molecule has 10 rings (SSSR count). The Hall–Kier alpha value is -5.01. The third-order valence-corrected chi connectivity index (χ3v) is 13.7. The number of allylic oxidation sites excluding steroid dienone is 1. The average molecular weight is 883 g/mol. The molecule has 0 fully saturated rings. The Morgan fingerprint density at radius 3 is 1.69 bits per heavy atom. The summed E-state index contributed by atoms with van der Waals surface area (Å²) in [7, 11) is 0.777. The molecule has 0 N–H and O–H groups in total.